The molecule has 0 bridgehead atoms. The standard InChI is InChI=1S/C6H8O4/c7-3-2-9-4-1-5(8)10-6(3)4/h3-4,6-7H,1-2H2/t3-,4-,6-/m1/s1. The van der Waals surface area contributed by atoms with Crippen LogP contribution in [0.5, 0.6) is 0 Å². The summed E-state index contributed by atoms with van der Waals surface area (Å²) >= 11 is 0. The average Bonchev–Trinajstić information content (AvgIpc) is 2.35. The van der Waals surface area contributed by atoms with E-state index < -0.39 is 12.2 Å². The highest BCUT2D eigenvalue weighted by molar-refractivity contribution is 5.72. The first kappa shape index (κ1) is 6.12. The number of aliphatic hydroxyl groups is 1. The molecule has 2 heterocycles. The third kappa shape index (κ3) is 0.726. The molecule has 2 rings (SSSR count). The predicted octanol–water partition coefficient (Wildman–Crippen LogP) is -0.938. The Hall–Kier alpha value is -0.610. The number of carbonyl (C=O) groups excluding carboxylic acids is 1. The lowest BCUT2D eigenvalue weighted by atomic mass is 10.1. The summed E-state index contributed by atoms with van der Waals surface area (Å²) in [4.78, 5) is 10.6. The first-order valence-electron chi connectivity index (χ1n) is 3.26. The Morgan fingerprint density at radius 2 is 2.40 bits per heavy atom. The summed E-state index contributed by atoms with van der Waals surface area (Å²) in [6.45, 7) is 0.294. The third-order valence-corrected chi connectivity index (χ3v) is 1.86. The van der Waals surface area contributed by atoms with Crippen LogP contribution in [-0.4, -0.2) is 36.0 Å². The molecular weight excluding hydrogens is 136 g/mol. The number of hydrogen-bond acceptors (Lipinski definition) is 4. The first-order valence-corrected chi connectivity index (χ1v) is 3.26. The van der Waals surface area contributed by atoms with Gasteiger partial charge in [0.2, 0.25) is 0 Å². The zero-order valence-corrected chi connectivity index (χ0v) is 5.32. The molecule has 0 spiro atoms. The Kier molecular flexibility index (Phi) is 1.18. The number of aliphatic hydroxyl groups excluding tert-OH is 1. The van der Waals surface area contributed by atoms with Gasteiger partial charge in [-0.3, -0.25) is 4.79 Å². The van der Waals surface area contributed by atoms with Gasteiger partial charge in [-0.15, -0.1) is 0 Å². The van der Waals surface area contributed by atoms with Gasteiger partial charge in [0.15, 0.2) is 6.10 Å². The van der Waals surface area contributed by atoms with E-state index in [2.05, 4.69) is 0 Å². The largest absolute Gasteiger partial charge is 0.457 e. The summed E-state index contributed by atoms with van der Waals surface area (Å²) in [7, 11) is 0. The van der Waals surface area contributed by atoms with Gasteiger partial charge in [-0.1, -0.05) is 0 Å². The smallest absolute Gasteiger partial charge is 0.309 e. The second kappa shape index (κ2) is 1.93. The SMILES string of the molecule is O=C1C[C@H]2OC[C@@H](O)[C@H]2O1. The summed E-state index contributed by atoms with van der Waals surface area (Å²) in [6, 6.07) is 0. The molecule has 0 aromatic rings. The number of rotatable bonds is 0. The van der Waals surface area contributed by atoms with E-state index >= 15 is 0 Å². The Bertz CT molecular complexity index is 167. The van der Waals surface area contributed by atoms with Gasteiger partial charge in [-0.2, -0.15) is 0 Å². The molecule has 2 aliphatic rings. The highest BCUT2D eigenvalue weighted by Gasteiger charge is 2.45. The van der Waals surface area contributed by atoms with Crippen LogP contribution >= 0.6 is 0 Å². The lowest BCUT2D eigenvalue weighted by Crippen LogP contribution is -2.26. The Morgan fingerprint density at radius 1 is 1.60 bits per heavy atom. The quantitative estimate of drug-likeness (QED) is 0.446. The van der Waals surface area contributed by atoms with Crippen molar-refractivity contribution in [1.82, 2.24) is 0 Å². The molecule has 10 heavy (non-hydrogen) atoms. The molecule has 2 fully saturated rings. The third-order valence-electron chi connectivity index (χ3n) is 1.86. The van der Waals surface area contributed by atoms with Gasteiger partial charge in [-0.05, 0) is 0 Å². The lowest BCUT2D eigenvalue weighted by molar-refractivity contribution is -0.144. The summed E-state index contributed by atoms with van der Waals surface area (Å²) in [6.07, 6.45) is -0.909. The number of hydrogen-bond donors (Lipinski definition) is 1. The number of carbonyl (C=O) groups is 1. The number of esters is 1. The number of fused-ring (bicyclic) bond motifs is 1. The van der Waals surface area contributed by atoms with Crippen LogP contribution in [0.25, 0.3) is 0 Å². The molecule has 0 unspecified atom stereocenters. The molecule has 3 atom stereocenters. The van der Waals surface area contributed by atoms with E-state index in [0.717, 1.165) is 0 Å². The molecule has 0 aliphatic carbocycles. The maximum Gasteiger partial charge on any atom is 0.309 e. The molecule has 0 aromatic heterocycles. The molecule has 4 nitrogen and oxygen atoms in total. The van der Waals surface area contributed by atoms with Crippen LogP contribution < -0.4 is 0 Å². The van der Waals surface area contributed by atoms with Crippen LogP contribution in [0.1, 0.15) is 6.42 Å². The van der Waals surface area contributed by atoms with Crippen LogP contribution in [-0.2, 0) is 14.3 Å². The molecule has 2 saturated heterocycles. The Morgan fingerprint density at radius 3 is 3.10 bits per heavy atom. The van der Waals surface area contributed by atoms with Crippen LogP contribution in [0.4, 0.5) is 0 Å². The van der Waals surface area contributed by atoms with Crippen molar-refractivity contribution in [1.29, 1.82) is 0 Å². The van der Waals surface area contributed by atoms with E-state index in [-0.39, 0.29) is 12.1 Å². The number of ether oxygens (including phenoxy) is 2. The molecule has 4 heteroatoms. The minimum atomic E-state index is -0.614. The summed E-state index contributed by atoms with van der Waals surface area (Å²) in [5.41, 5.74) is 0. The molecule has 1 N–H and O–H groups in total. The highest BCUT2D eigenvalue weighted by Crippen LogP contribution is 2.26. The van der Waals surface area contributed by atoms with Crippen LogP contribution in [0.2, 0.25) is 0 Å². The minimum Gasteiger partial charge on any atom is -0.457 e. The van der Waals surface area contributed by atoms with E-state index in [0.29, 0.717) is 13.0 Å². The Labute approximate surface area is 57.7 Å². The van der Waals surface area contributed by atoms with Crippen LogP contribution in [0.3, 0.4) is 0 Å². The van der Waals surface area contributed by atoms with E-state index in [1.165, 1.54) is 0 Å². The van der Waals surface area contributed by atoms with Crippen molar-refractivity contribution < 1.29 is 19.4 Å². The average molecular weight is 144 g/mol. The molecule has 0 radical (unpaired) electrons. The first-order chi connectivity index (χ1) is 4.77. The van der Waals surface area contributed by atoms with E-state index in [4.69, 9.17) is 14.6 Å². The fraction of sp³-hybridized carbons (Fsp3) is 0.833. The van der Waals surface area contributed by atoms with Gasteiger partial charge in [0.1, 0.15) is 12.2 Å². The summed E-state index contributed by atoms with van der Waals surface area (Å²) < 4.78 is 9.85. The zero-order valence-electron chi connectivity index (χ0n) is 5.32. The van der Waals surface area contributed by atoms with Crippen molar-refractivity contribution in [2.45, 2.75) is 24.7 Å². The van der Waals surface area contributed by atoms with Crippen molar-refractivity contribution in [2.75, 3.05) is 6.61 Å². The van der Waals surface area contributed by atoms with Crippen molar-refractivity contribution in [3.63, 3.8) is 0 Å². The second-order valence-corrected chi connectivity index (χ2v) is 2.60. The van der Waals surface area contributed by atoms with Crippen molar-refractivity contribution >= 4 is 5.97 Å². The van der Waals surface area contributed by atoms with Gasteiger partial charge in [0, 0.05) is 0 Å². The van der Waals surface area contributed by atoms with Crippen LogP contribution in [0, 0.1) is 0 Å². The molecule has 0 saturated carbocycles. The fourth-order valence-corrected chi connectivity index (χ4v) is 1.35. The van der Waals surface area contributed by atoms with E-state index in [9.17, 15) is 4.79 Å². The summed E-state index contributed by atoms with van der Waals surface area (Å²) in [5.74, 6) is -0.270. The predicted molar refractivity (Wildman–Crippen MR) is 30.2 cm³/mol. The normalized spacial score (nSPS) is 45.3. The van der Waals surface area contributed by atoms with Gasteiger partial charge in [0.05, 0.1) is 13.0 Å². The van der Waals surface area contributed by atoms with Gasteiger partial charge < -0.3 is 14.6 Å². The maximum atomic E-state index is 10.6. The fourth-order valence-electron chi connectivity index (χ4n) is 1.35. The maximum absolute atomic E-state index is 10.6. The van der Waals surface area contributed by atoms with Crippen molar-refractivity contribution in [3.05, 3.63) is 0 Å². The monoisotopic (exact) mass is 144 g/mol. The van der Waals surface area contributed by atoms with E-state index in [1.807, 2.05) is 0 Å². The van der Waals surface area contributed by atoms with Crippen molar-refractivity contribution in [2.24, 2.45) is 0 Å². The second-order valence-electron chi connectivity index (χ2n) is 2.60. The van der Waals surface area contributed by atoms with E-state index in [1.54, 1.807) is 0 Å². The lowest BCUT2D eigenvalue weighted by Gasteiger charge is -2.07. The topological polar surface area (TPSA) is 55.8 Å². The van der Waals surface area contributed by atoms with Gasteiger partial charge in [0.25, 0.3) is 0 Å². The van der Waals surface area contributed by atoms with Gasteiger partial charge >= 0.3 is 5.97 Å². The highest BCUT2D eigenvalue weighted by atomic mass is 16.6. The molecule has 2 aliphatic heterocycles. The van der Waals surface area contributed by atoms with Gasteiger partial charge in [-0.25, -0.2) is 0 Å². The molecule has 56 valence electrons. The zero-order chi connectivity index (χ0) is 7.14. The van der Waals surface area contributed by atoms with Crippen molar-refractivity contribution in [3.8, 4) is 0 Å². The molecular formula is C6H8O4. The Balaban J connectivity index is 2.12. The summed E-state index contributed by atoms with van der Waals surface area (Å²) in [5, 5.41) is 9.11. The molecule has 0 amide bonds. The minimum absolute atomic E-state index is 0.192. The van der Waals surface area contributed by atoms with Crippen LogP contribution in [0.15, 0.2) is 0 Å². The molecule has 0 aromatic carbocycles.